The lowest BCUT2D eigenvalue weighted by Gasteiger charge is -2.57. The molecule has 3 aliphatic heterocycles. The van der Waals surface area contributed by atoms with Gasteiger partial charge in [0.1, 0.15) is 0 Å². The molecule has 4 heteroatoms. The maximum atomic E-state index is 2.93. The molecular weight excluding hydrogens is 900 g/mol. The van der Waals surface area contributed by atoms with Crippen molar-refractivity contribution in [3.8, 4) is 22.3 Å². The Morgan fingerprint density at radius 2 is 1.04 bits per heavy atom. The van der Waals surface area contributed by atoms with Crippen LogP contribution in [0.15, 0.2) is 152 Å². The van der Waals surface area contributed by atoms with E-state index in [9.17, 15) is 0 Å². The minimum Gasteiger partial charge on any atom is -0.375 e. The van der Waals surface area contributed by atoms with Crippen LogP contribution in [0.4, 0.5) is 17.1 Å². The summed E-state index contributed by atoms with van der Waals surface area (Å²) in [6.07, 6.45) is 17.2. The van der Waals surface area contributed by atoms with Crippen molar-refractivity contribution in [3.05, 3.63) is 185 Å². The zero-order valence-corrected chi connectivity index (χ0v) is 42.1. The number of para-hydroxylation sites is 2. The van der Waals surface area contributed by atoms with E-state index < -0.39 is 5.41 Å². The molecule has 0 atom stereocenters. The van der Waals surface area contributed by atoms with Crippen molar-refractivity contribution in [2.75, 3.05) is 4.90 Å². The maximum Gasteiger partial charge on any atom is 0.333 e. The van der Waals surface area contributed by atoms with E-state index in [0.29, 0.717) is 5.41 Å². The van der Waals surface area contributed by atoms with Crippen LogP contribution in [0.5, 0.6) is 0 Å². The highest BCUT2D eigenvalue weighted by Crippen LogP contribution is 2.67. The first-order valence-electron chi connectivity index (χ1n) is 28.4. The van der Waals surface area contributed by atoms with Crippen LogP contribution in [0.25, 0.3) is 64.2 Å². The van der Waals surface area contributed by atoms with Crippen LogP contribution in [-0.2, 0) is 16.2 Å². The summed E-state index contributed by atoms with van der Waals surface area (Å²) < 4.78 is 5.79. The summed E-state index contributed by atoms with van der Waals surface area (Å²) in [4.78, 5) is 2.78. The Hall–Kier alpha value is -6.36. The molecule has 2 nitrogen and oxygen atoms in total. The summed E-state index contributed by atoms with van der Waals surface area (Å²) in [6, 6.07) is 61.5. The predicted octanol–water partition coefficient (Wildman–Crippen LogP) is 16.2. The number of hydrogen-bond donors (Lipinski definition) is 0. The van der Waals surface area contributed by atoms with Crippen molar-refractivity contribution in [3.63, 3.8) is 0 Å². The molecule has 8 bridgehead atoms. The average molecular weight is 955 g/mol. The van der Waals surface area contributed by atoms with E-state index in [1.165, 1.54) is 192 Å². The molecule has 0 saturated heterocycles. The largest absolute Gasteiger partial charge is 0.375 e. The number of thiophene rings is 1. The van der Waals surface area contributed by atoms with E-state index in [4.69, 9.17) is 0 Å². The van der Waals surface area contributed by atoms with E-state index in [-0.39, 0.29) is 12.3 Å². The van der Waals surface area contributed by atoms with Crippen molar-refractivity contribution < 1.29 is 0 Å². The second-order valence-corrected chi connectivity index (χ2v) is 27.0. The molecule has 5 heterocycles. The molecule has 10 aromatic rings. The molecular formula is C69H55BN2S. The van der Waals surface area contributed by atoms with Crippen LogP contribution in [0.1, 0.15) is 110 Å². The van der Waals surface area contributed by atoms with Crippen LogP contribution in [0.2, 0.25) is 0 Å². The fraction of sp³-hybridized carbons (Fsp3) is 0.304. The highest BCUT2D eigenvalue weighted by atomic mass is 32.1. The van der Waals surface area contributed by atoms with E-state index in [1.807, 2.05) is 0 Å². The number of benzene rings is 8. The molecule has 12 aliphatic rings. The van der Waals surface area contributed by atoms with Crippen LogP contribution in [-0.4, -0.2) is 11.3 Å². The number of rotatable bonds is 2. The number of fused-ring (bicyclic) bond motifs is 20. The minimum absolute atomic E-state index is 0.00307. The molecule has 1 spiro atoms. The van der Waals surface area contributed by atoms with Crippen LogP contribution in [0.3, 0.4) is 0 Å². The fourth-order valence-electron chi connectivity index (χ4n) is 20.9. The van der Waals surface area contributed by atoms with Crippen molar-refractivity contribution in [2.45, 2.75) is 93.3 Å². The average Bonchev–Trinajstić information content (AvgIpc) is 4.15. The Kier molecular flexibility index (Phi) is 6.94. The van der Waals surface area contributed by atoms with Gasteiger partial charge in [-0.3, -0.25) is 0 Å². The molecule has 8 fully saturated rings. The molecule has 0 N–H and O–H groups in total. The summed E-state index contributed by atoms with van der Waals surface area (Å²) in [5.41, 5.74) is 24.7. The van der Waals surface area contributed by atoms with Gasteiger partial charge < -0.3 is 9.38 Å². The summed E-state index contributed by atoms with van der Waals surface area (Å²) in [5.74, 6) is 5.40. The third-order valence-corrected chi connectivity index (χ3v) is 23.6. The summed E-state index contributed by atoms with van der Waals surface area (Å²) >= 11 is 2.05. The SMILES string of the molecule is c1ccc2c(c1)-c1ccccc1C21c2ccccc2N2c3cc4c(sc5ccccc54)c4c3B(c3cccc1c32)n1c2ccc(C35CC6CC(CC(C6)C3)C5)cc2c2cc(C35CC6CC(CC(C6)C3)C5)cc-4c21. The Labute approximate surface area is 431 Å². The molecule has 350 valence electrons. The monoisotopic (exact) mass is 954 g/mol. The van der Waals surface area contributed by atoms with E-state index in [1.54, 1.807) is 11.1 Å². The minimum atomic E-state index is -0.467. The lowest BCUT2D eigenvalue weighted by Crippen LogP contribution is -2.58. The van der Waals surface area contributed by atoms with E-state index in [2.05, 4.69) is 172 Å². The van der Waals surface area contributed by atoms with Gasteiger partial charge in [0.2, 0.25) is 0 Å². The molecule has 0 radical (unpaired) electrons. The number of anilines is 3. The highest BCUT2D eigenvalue weighted by molar-refractivity contribution is 7.26. The molecule has 2 aromatic heterocycles. The number of nitrogens with zero attached hydrogens (tertiary/aromatic N) is 2. The second kappa shape index (κ2) is 12.9. The van der Waals surface area contributed by atoms with Gasteiger partial charge in [0.15, 0.2) is 0 Å². The summed E-state index contributed by atoms with van der Waals surface area (Å²) in [5, 5.41) is 5.84. The lowest BCUT2D eigenvalue weighted by molar-refractivity contribution is -0.00527. The molecule has 73 heavy (non-hydrogen) atoms. The van der Waals surface area contributed by atoms with Gasteiger partial charge in [-0.15, -0.1) is 11.3 Å². The van der Waals surface area contributed by atoms with Crippen LogP contribution in [0, 0.1) is 35.5 Å². The van der Waals surface area contributed by atoms with Crippen LogP contribution < -0.4 is 15.8 Å². The highest BCUT2D eigenvalue weighted by Gasteiger charge is 2.57. The maximum absolute atomic E-state index is 2.93. The number of hydrogen-bond acceptors (Lipinski definition) is 2. The lowest BCUT2D eigenvalue weighted by atomic mass is 9.43. The first kappa shape index (κ1) is 39.2. The van der Waals surface area contributed by atoms with Gasteiger partial charge in [-0.25, -0.2) is 0 Å². The van der Waals surface area contributed by atoms with Crippen LogP contribution >= 0.6 is 11.3 Å². The van der Waals surface area contributed by atoms with Gasteiger partial charge in [0.05, 0.1) is 11.1 Å². The van der Waals surface area contributed by atoms with Gasteiger partial charge >= 0.3 is 6.85 Å². The summed E-state index contributed by atoms with van der Waals surface area (Å²) in [6.45, 7) is 0.00307. The fourth-order valence-corrected chi connectivity index (χ4v) is 22.1. The molecule has 0 unspecified atom stereocenters. The second-order valence-electron chi connectivity index (χ2n) is 25.9. The zero-order chi connectivity index (χ0) is 46.8. The standard InChI is InChI=1S/C69H55BN2S/c1-4-13-53-46(10-1)47-11-2-5-14-54(47)69(53)55-15-6-7-18-59(55)71-60-31-51-48-12-3-8-19-61(48)73-66(51)62-52-30-45(68-35-41-25-42(36-68)27-43(26-41)37-68)29-50-49-28-44(67-32-38-22-39(33-67)24-40(23-38)34-67)20-21-58(49)72(64(50)52)70(63(60)62)57-17-9-16-56(69)65(57)71/h1-21,28-31,38-43H,22-27,32-37H2. The van der Waals surface area contributed by atoms with Crippen molar-refractivity contribution in [2.24, 2.45) is 35.5 Å². The normalized spacial score (nSPS) is 29.2. The first-order chi connectivity index (χ1) is 36.0. The zero-order valence-electron chi connectivity index (χ0n) is 41.3. The molecule has 8 aromatic carbocycles. The Bertz CT molecular complexity index is 4100. The van der Waals surface area contributed by atoms with Gasteiger partial charge in [0.25, 0.3) is 0 Å². The number of aromatic nitrogens is 1. The van der Waals surface area contributed by atoms with E-state index >= 15 is 0 Å². The molecule has 0 amide bonds. The first-order valence-corrected chi connectivity index (χ1v) is 29.2. The van der Waals surface area contributed by atoms with Crippen molar-refractivity contribution in [1.82, 2.24) is 4.48 Å². The molecule has 22 rings (SSSR count). The third kappa shape index (κ3) is 4.52. The molecule has 9 aliphatic carbocycles. The smallest absolute Gasteiger partial charge is 0.333 e. The Balaban J connectivity index is 0.946. The topological polar surface area (TPSA) is 8.17 Å². The Morgan fingerprint density at radius 3 is 1.74 bits per heavy atom. The third-order valence-electron chi connectivity index (χ3n) is 22.4. The summed E-state index contributed by atoms with van der Waals surface area (Å²) in [7, 11) is 0. The van der Waals surface area contributed by atoms with Gasteiger partial charge in [0, 0.05) is 64.5 Å². The van der Waals surface area contributed by atoms with Gasteiger partial charge in [-0.1, -0.05) is 109 Å². The van der Waals surface area contributed by atoms with Gasteiger partial charge in [-0.2, -0.15) is 0 Å². The molecule has 8 saturated carbocycles. The van der Waals surface area contributed by atoms with Crippen molar-refractivity contribution >= 4 is 88.2 Å². The van der Waals surface area contributed by atoms with Crippen molar-refractivity contribution in [1.29, 1.82) is 0 Å². The Morgan fingerprint density at radius 1 is 0.452 bits per heavy atom. The quantitative estimate of drug-likeness (QED) is 0.157. The predicted molar refractivity (Wildman–Crippen MR) is 303 cm³/mol. The van der Waals surface area contributed by atoms with E-state index in [0.717, 1.165) is 35.5 Å². The van der Waals surface area contributed by atoms with Gasteiger partial charge in [-0.05, 0) is 221 Å².